The number of halogens is 1. The van der Waals surface area contributed by atoms with Crippen molar-refractivity contribution in [2.75, 3.05) is 0 Å². The normalized spacial score (nSPS) is 11.8. The van der Waals surface area contributed by atoms with Gasteiger partial charge in [-0.25, -0.2) is 4.79 Å². The van der Waals surface area contributed by atoms with Gasteiger partial charge in [-0.05, 0) is 46.9 Å². The number of nitrogens with one attached hydrogen (secondary N) is 1. The van der Waals surface area contributed by atoms with Crippen LogP contribution in [0.4, 0.5) is 0 Å². The molecule has 4 aromatic rings. The minimum atomic E-state index is -0.559. The number of hydrogen-bond acceptors (Lipinski definition) is 3. The summed E-state index contributed by atoms with van der Waals surface area (Å²) >= 11 is 6.48. The number of rotatable bonds is 6. The van der Waals surface area contributed by atoms with Crippen LogP contribution in [0.1, 0.15) is 30.0 Å². The summed E-state index contributed by atoms with van der Waals surface area (Å²) < 4.78 is 5.59. The number of ether oxygens (including phenoxy) is 1. The highest BCUT2D eigenvalue weighted by Gasteiger charge is 2.20. The molecule has 0 aliphatic carbocycles. The first-order chi connectivity index (χ1) is 15.1. The van der Waals surface area contributed by atoms with Crippen LogP contribution in [-0.4, -0.2) is 16.2 Å². The van der Waals surface area contributed by atoms with Crippen LogP contribution < -0.4 is 4.74 Å². The molecule has 0 aliphatic heterocycles. The number of carbonyl (C=O) groups is 1. The maximum atomic E-state index is 12.1. The fourth-order valence-corrected chi connectivity index (χ4v) is 3.92. The van der Waals surface area contributed by atoms with E-state index in [0.717, 1.165) is 51.2 Å². The summed E-state index contributed by atoms with van der Waals surface area (Å²) in [5, 5.41) is 8.47. The number of aromatic nitrogens is 2. The molecule has 0 unspecified atom stereocenters. The second kappa shape index (κ2) is 9.02. The molecule has 0 saturated carbocycles. The first-order valence-electron chi connectivity index (χ1n) is 9.97. The van der Waals surface area contributed by atoms with Crippen molar-refractivity contribution in [3.8, 4) is 5.75 Å². The minimum Gasteiger partial charge on any atom is -0.421 e. The molecule has 4 rings (SSSR count). The van der Waals surface area contributed by atoms with Gasteiger partial charge in [0.25, 0.3) is 0 Å². The van der Waals surface area contributed by atoms with Gasteiger partial charge >= 0.3 is 5.97 Å². The van der Waals surface area contributed by atoms with Crippen molar-refractivity contribution >= 4 is 39.6 Å². The standard InChI is InChI=1S/C26H21ClN2O2/c1-3-20(17-9-6-5-7-10-17)25(18-13-14-23-19(15-18)16-28-29-23)21-11-8-12-22(27)26(21)31-24(30)4-2/h4-16H,2-3H2,1H3,(H,28,29)/b25-20+. The highest BCUT2D eigenvalue weighted by molar-refractivity contribution is 6.32. The van der Waals surface area contributed by atoms with Crippen LogP contribution in [0.15, 0.2) is 85.6 Å². The third kappa shape index (κ3) is 4.16. The van der Waals surface area contributed by atoms with Gasteiger partial charge in [-0.1, -0.05) is 73.6 Å². The molecule has 5 heteroatoms. The average Bonchev–Trinajstić information content (AvgIpc) is 3.27. The molecule has 0 fully saturated rings. The molecule has 31 heavy (non-hydrogen) atoms. The van der Waals surface area contributed by atoms with E-state index in [1.54, 1.807) is 12.3 Å². The topological polar surface area (TPSA) is 55.0 Å². The van der Waals surface area contributed by atoms with E-state index in [1.807, 2.05) is 42.5 Å². The Morgan fingerprint density at radius 3 is 2.65 bits per heavy atom. The van der Waals surface area contributed by atoms with Crippen LogP contribution in [0.3, 0.4) is 0 Å². The highest BCUT2D eigenvalue weighted by atomic mass is 35.5. The number of H-pyrrole nitrogens is 1. The van der Waals surface area contributed by atoms with Crippen molar-refractivity contribution < 1.29 is 9.53 Å². The zero-order valence-electron chi connectivity index (χ0n) is 17.1. The van der Waals surface area contributed by atoms with Crippen molar-refractivity contribution in [1.29, 1.82) is 0 Å². The molecule has 3 aromatic carbocycles. The van der Waals surface area contributed by atoms with Crippen LogP contribution >= 0.6 is 11.6 Å². The largest absolute Gasteiger partial charge is 0.421 e. The summed E-state index contributed by atoms with van der Waals surface area (Å²) in [4.78, 5) is 12.1. The molecular formula is C26H21ClN2O2. The van der Waals surface area contributed by atoms with Crippen molar-refractivity contribution in [3.05, 3.63) is 107 Å². The van der Waals surface area contributed by atoms with E-state index in [1.165, 1.54) is 0 Å². The Labute approximate surface area is 185 Å². The van der Waals surface area contributed by atoms with Gasteiger partial charge in [0.1, 0.15) is 0 Å². The summed E-state index contributed by atoms with van der Waals surface area (Å²) in [6, 6.07) is 21.8. The van der Waals surface area contributed by atoms with Crippen molar-refractivity contribution in [3.63, 3.8) is 0 Å². The molecule has 0 radical (unpaired) electrons. The quantitative estimate of drug-likeness (QED) is 0.161. The predicted octanol–water partition coefficient (Wildman–Crippen LogP) is 6.68. The van der Waals surface area contributed by atoms with E-state index in [2.05, 4.69) is 41.9 Å². The second-order valence-electron chi connectivity index (χ2n) is 6.99. The van der Waals surface area contributed by atoms with Gasteiger partial charge in [0.15, 0.2) is 5.75 Å². The summed E-state index contributed by atoms with van der Waals surface area (Å²) in [7, 11) is 0. The number of fused-ring (bicyclic) bond motifs is 1. The minimum absolute atomic E-state index is 0.318. The smallest absolute Gasteiger partial charge is 0.335 e. The number of carbonyl (C=O) groups excluding carboxylic acids is 1. The molecule has 1 N–H and O–H groups in total. The highest BCUT2D eigenvalue weighted by Crippen LogP contribution is 2.42. The Kier molecular flexibility index (Phi) is 6.01. The van der Waals surface area contributed by atoms with Crippen LogP contribution in [0.5, 0.6) is 5.75 Å². The van der Waals surface area contributed by atoms with Gasteiger partial charge in [-0.15, -0.1) is 0 Å². The number of allylic oxidation sites excluding steroid dienone is 1. The molecule has 0 aliphatic rings. The zero-order valence-corrected chi connectivity index (χ0v) is 17.8. The van der Waals surface area contributed by atoms with E-state index in [-0.39, 0.29) is 0 Å². The van der Waals surface area contributed by atoms with Crippen LogP contribution in [0.25, 0.3) is 22.0 Å². The van der Waals surface area contributed by atoms with Gasteiger partial charge in [-0.3, -0.25) is 5.10 Å². The lowest BCUT2D eigenvalue weighted by atomic mass is 9.87. The number of benzene rings is 3. The van der Waals surface area contributed by atoms with Gasteiger partial charge in [-0.2, -0.15) is 5.10 Å². The third-order valence-electron chi connectivity index (χ3n) is 5.11. The van der Waals surface area contributed by atoms with Crippen LogP contribution in [-0.2, 0) is 4.79 Å². The van der Waals surface area contributed by atoms with E-state index >= 15 is 0 Å². The number of hydrogen-bond donors (Lipinski definition) is 1. The Hall–Kier alpha value is -3.63. The number of para-hydroxylation sites is 1. The number of aromatic amines is 1. The molecule has 1 aromatic heterocycles. The Balaban J connectivity index is 2.05. The Morgan fingerprint density at radius 1 is 1.10 bits per heavy atom. The molecule has 0 bridgehead atoms. The van der Waals surface area contributed by atoms with E-state index in [4.69, 9.17) is 16.3 Å². The van der Waals surface area contributed by atoms with Crippen molar-refractivity contribution in [1.82, 2.24) is 10.2 Å². The van der Waals surface area contributed by atoms with E-state index < -0.39 is 5.97 Å². The third-order valence-corrected chi connectivity index (χ3v) is 5.41. The first-order valence-corrected chi connectivity index (χ1v) is 10.4. The van der Waals surface area contributed by atoms with Gasteiger partial charge in [0, 0.05) is 17.0 Å². The fourth-order valence-electron chi connectivity index (χ4n) is 3.71. The molecule has 154 valence electrons. The lowest BCUT2D eigenvalue weighted by Crippen LogP contribution is -2.07. The van der Waals surface area contributed by atoms with Gasteiger partial charge in [0.05, 0.1) is 16.7 Å². The molecular weight excluding hydrogens is 408 g/mol. The average molecular weight is 429 g/mol. The van der Waals surface area contributed by atoms with Crippen LogP contribution in [0, 0.1) is 0 Å². The molecule has 1 heterocycles. The van der Waals surface area contributed by atoms with Crippen molar-refractivity contribution in [2.24, 2.45) is 0 Å². The molecule has 4 nitrogen and oxygen atoms in total. The summed E-state index contributed by atoms with van der Waals surface area (Å²) in [5.41, 5.74) is 5.82. The van der Waals surface area contributed by atoms with Crippen molar-refractivity contribution in [2.45, 2.75) is 13.3 Å². The predicted molar refractivity (Wildman–Crippen MR) is 126 cm³/mol. The molecule has 0 amide bonds. The fraction of sp³-hybridized carbons (Fsp3) is 0.0769. The lowest BCUT2D eigenvalue weighted by molar-refractivity contribution is -0.128. The molecule has 0 saturated heterocycles. The zero-order chi connectivity index (χ0) is 21.8. The Bertz CT molecular complexity index is 1290. The monoisotopic (exact) mass is 428 g/mol. The SMILES string of the molecule is C=CC(=O)Oc1c(Cl)cccc1/C(=C(\CC)c1ccccc1)c1ccc2[nH]ncc2c1. The maximum absolute atomic E-state index is 12.1. The maximum Gasteiger partial charge on any atom is 0.335 e. The van der Waals surface area contributed by atoms with Gasteiger partial charge in [0.2, 0.25) is 0 Å². The van der Waals surface area contributed by atoms with Gasteiger partial charge < -0.3 is 4.74 Å². The molecule has 0 spiro atoms. The number of nitrogens with zero attached hydrogens (tertiary/aromatic N) is 1. The number of esters is 1. The first kappa shape index (κ1) is 20.6. The summed E-state index contributed by atoms with van der Waals surface area (Å²) in [5.74, 6) is -0.241. The summed E-state index contributed by atoms with van der Waals surface area (Å²) in [6.07, 6.45) is 3.69. The molecule has 0 atom stereocenters. The van der Waals surface area contributed by atoms with E-state index in [0.29, 0.717) is 10.8 Å². The second-order valence-corrected chi connectivity index (χ2v) is 7.39. The Morgan fingerprint density at radius 2 is 1.90 bits per heavy atom. The van der Waals surface area contributed by atoms with Crippen LogP contribution in [0.2, 0.25) is 5.02 Å². The van der Waals surface area contributed by atoms with E-state index in [9.17, 15) is 4.79 Å². The lowest BCUT2D eigenvalue weighted by Gasteiger charge is -2.19. The summed E-state index contributed by atoms with van der Waals surface area (Å²) in [6.45, 7) is 5.62.